The average Bonchev–Trinajstić information content (AvgIpc) is 2.85. The second-order valence-corrected chi connectivity index (χ2v) is 5.48. The van der Waals surface area contributed by atoms with Gasteiger partial charge in [-0.2, -0.15) is 4.39 Å². The van der Waals surface area contributed by atoms with Gasteiger partial charge in [-0.1, -0.05) is 0 Å². The summed E-state index contributed by atoms with van der Waals surface area (Å²) in [6.45, 7) is 0.443. The van der Waals surface area contributed by atoms with Gasteiger partial charge in [0.05, 0.1) is 12.1 Å². The fourth-order valence-corrected chi connectivity index (χ4v) is 2.18. The molecule has 0 unspecified atom stereocenters. The highest BCUT2D eigenvalue weighted by atomic mass is 19.2. The van der Waals surface area contributed by atoms with E-state index in [1.54, 1.807) is 0 Å². The number of aromatic hydroxyl groups is 1. The number of phenolic OH excluding ortho intramolecular Hbond substituents is 1. The first-order chi connectivity index (χ1) is 12.0. The Hall–Kier alpha value is -2.92. The molecule has 0 fully saturated rings. The summed E-state index contributed by atoms with van der Waals surface area (Å²) in [7, 11) is 0. The van der Waals surface area contributed by atoms with Crippen LogP contribution in [-0.2, 0) is 9.59 Å². The molecule has 0 saturated heterocycles. The van der Waals surface area contributed by atoms with Gasteiger partial charge in [0.15, 0.2) is 17.4 Å². The van der Waals surface area contributed by atoms with Gasteiger partial charge in [-0.05, 0) is 19.1 Å². The Bertz CT molecular complexity index is 838. The van der Waals surface area contributed by atoms with Crippen LogP contribution in [0.25, 0.3) is 6.08 Å². The second kappa shape index (κ2) is 7.14. The first kappa shape index (κ1) is 19.4. The Labute approximate surface area is 144 Å². The highest BCUT2D eigenvalue weighted by Crippen LogP contribution is 2.28. The molecule has 140 valence electrons. The number of nitrogens with zero attached hydrogens (tertiary/aromatic N) is 2. The summed E-state index contributed by atoms with van der Waals surface area (Å²) in [4.78, 5) is 27.7. The van der Waals surface area contributed by atoms with E-state index in [1.807, 2.05) is 0 Å². The number of carbonyl (C=O) groups excluding carboxylic acids is 1. The van der Waals surface area contributed by atoms with E-state index < -0.39 is 65.0 Å². The zero-order chi connectivity index (χ0) is 19.8. The molecule has 2 rings (SSSR count). The molecule has 1 aliphatic rings. The van der Waals surface area contributed by atoms with Crippen LogP contribution in [0.5, 0.6) is 5.75 Å². The molecule has 8 nitrogen and oxygen atoms in total. The van der Waals surface area contributed by atoms with E-state index in [-0.39, 0.29) is 5.84 Å². The number of aliphatic carboxylic acids is 1. The van der Waals surface area contributed by atoms with E-state index in [2.05, 4.69) is 4.99 Å². The number of carboxylic acid groups (broad SMARTS) is 1. The number of aliphatic hydroxyl groups is 1. The van der Waals surface area contributed by atoms with Gasteiger partial charge >= 0.3 is 5.97 Å². The van der Waals surface area contributed by atoms with Crippen molar-refractivity contribution < 1.29 is 38.1 Å². The quantitative estimate of drug-likeness (QED) is 0.429. The summed E-state index contributed by atoms with van der Waals surface area (Å²) in [5.41, 5.74) is 4.41. The van der Waals surface area contributed by atoms with Crippen molar-refractivity contribution in [2.24, 2.45) is 10.7 Å². The van der Waals surface area contributed by atoms with Gasteiger partial charge in [0.1, 0.15) is 18.1 Å². The topological polar surface area (TPSA) is 136 Å². The van der Waals surface area contributed by atoms with Gasteiger partial charge in [0, 0.05) is 5.56 Å². The minimum atomic E-state index is -1.85. The standard InChI is InChI=1S/C15H14F3N3O5/c1-5(22)12(19)14-20-8(15(26)21(14)4-9(23)24)3-6-2-7(16)13(25)11(18)10(6)17/h2-3,5,12,22,25H,4,19H2,1H3,(H,23,24)/b8-3-/t5-,12+/m1/s1. The van der Waals surface area contributed by atoms with Gasteiger partial charge in [0.25, 0.3) is 5.91 Å². The molecule has 1 aromatic carbocycles. The molecule has 1 aromatic rings. The van der Waals surface area contributed by atoms with Crippen LogP contribution in [-0.4, -0.2) is 56.6 Å². The van der Waals surface area contributed by atoms with Crippen molar-refractivity contribution in [2.75, 3.05) is 6.54 Å². The Kier molecular flexibility index (Phi) is 5.33. The van der Waals surface area contributed by atoms with Crippen LogP contribution in [0.3, 0.4) is 0 Å². The summed E-state index contributed by atoms with van der Waals surface area (Å²) in [6, 6.07) is -0.792. The number of aliphatic hydroxyl groups excluding tert-OH is 1. The number of hydrogen-bond acceptors (Lipinski definition) is 6. The van der Waals surface area contributed by atoms with Gasteiger partial charge in [0.2, 0.25) is 5.82 Å². The van der Waals surface area contributed by atoms with Crippen LogP contribution in [0.1, 0.15) is 12.5 Å². The zero-order valence-corrected chi connectivity index (χ0v) is 13.3. The Morgan fingerprint density at radius 2 is 2.00 bits per heavy atom. The number of rotatable bonds is 5. The molecular formula is C15H14F3N3O5. The largest absolute Gasteiger partial charge is 0.503 e. The van der Waals surface area contributed by atoms with Crippen molar-refractivity contribution in [2.45, 2.75) is 19.1 Å². The molecule has 1 aliphatic heterocycles. The lowest BCUT2D eigenvalue weighted by Gasteiger charge is -2.22. The Morgan fingerprint density at radius 1 is 1.38 bits per heavy atom. The molecule has 1 heterocycles. The van der Waals surface area contributed by atoms with Crippen LogP contribution < -0.4 is 5.73 Å². The van der Waals surface area contributed by atoms with E-state index in [1.165, 1.54) is 6.92 Å². The van der Waals surface area contributed by atoms with Crippen molar-refractivity contribution in [3.8, 4) is 5.75 Å². The normalized spacial score (nSPS) is 18.2. The molecule has 0 saturated carbocycles. The number of nitrogens with two attached hydrogens (primary N) is 1. The number of benzene rings is 1. The number of phenols is 1. The van der Waals surface area contributed by atoms with Crippen molar-refractivity contribution in [3.63, 3.8) is 0 Å². The first-order valence-corrected chi connectivity index (χ1v) is 7.18. The summed E-state index contributed by atoms with van der Waals surface area (Å²) < 4.78 is 40.7. The predicted octanol–water partition coefficient (Wildman–Crippen LogP) is 0.184. The van der Waals surface area contributed by atoms with Gasteiger partial charge < -0.3 is 21.1 Å². The molecule has 0 radical (unpaired) electrons. The molecule has 0 aliphatic carbocycles. The third kappa shape index (κ3) is 3.53. The lowest BCUT2D eigenvalue weighted by molar-refractivity contribution is -0.140. The maximum absolute atomic E-state index is 13.8. The summed E-state index contributed by atoms with van der Waals surface area (Å²) in [5, 5.41) is 27.5. The molecule has 5 N–H and O–H groups in total. The van der Waals surface area contributed by atoms with E-state index in [0.717, 1.165) is 0 Å². The van der Waals surface area contributed by atoms with Crippen molar-refractivity contribution >= 4 is 23.8 Å². The summed E-state index contributed by atoms with van der Waals surface area (Å²) in [6.07, 6.45) is -0.516. The fourth-order valence-electron chi connectivity index (χ4n) is 2.18. The third-order valence-electron chi connectivity index (χ3n) is 3.54. The monoisotopic (exact) mass is 373 g/mol. The minimum Gasteiger partial charge on any atom is -0.503 e. The van der Waals surface area contributed by atoms with E-state index >= 15 is 0 Å². The van der Waals surface area contributed by atoms with Crippen LogP contribution in [0.15, 0.2) is 16.8 Å². The Morgan fingerprint density at radius 3 is 2.54 bits per heavy atom. The van der Waals surface area contributed by atoms with E-state index in [4.69, 9.17) is 15.9 Å². The van der Waals surface area contributed by atoms with Gasteiger partial charge in [-0.25, -0.2) is 13.8 Å². The maximum Gasteiger partial charge on any atom is 0.323 e. The fraction of sp³-hybridized carbons (Fsp3) is 0.267. The molecule has 11 heteroatoms. The third-order valence-corrected chi connectivity index (χ3v) is 3.54. The van der Waals surface area contributed by atoms with Crippen molar-refractivity contribution in [1.82, 2.24) is 4.90 Å². The second-order valence-electron chi connectivity index (χ2n) is 5.48. The number of carboxylic acids is 1. The summed E-state index contributed by atoms with van der Waals surface area (Å²) in [5.74, 6) is -9.17. The lowest BCUT2D eigenvalue weighted by atomic mass is 10.1. The van der Waals surface area contributed by atoms with Crippen molar-refractivity contribution in [3.05, 3.63) is 34.8 Å². The van der Waals surface area contributed by atoms with Crippen molar-refractivity contribution in [1.29, 1.82) is 0 Å². The number of amidine groups is 1. The van der Waals surface area contributed by atoms with Crippen LogP contribution in [0, 0.1) is 17.5 Å². The van der Waals surface area contributed by atoms with Gasteiger partial charge in [-0.3, -0.25) is 14.5 Å². The molecule has 0 bridgehead atoms. The lowest BCUT2D eigenvalue weighted by Crippen LogP contribution is -2.50. The van der Waals surface area contributed by atoms with Crippen LogP contribution in [0.2, 0.25) is 0 Å². The highest BCUT2D eigenvalue weighted by Gasteiger charge is 2.36. The molecular weight excluding hydrogens is 359 g/mol. The molecule has 2 atom stereocenters. The average molecular weight is 373 g/mol. The van der Waals surface area contributed by atoms with Crippen LogP contribution in [0.4, 0.5) is 13.2 Å². The minimum absolute atomic E-state index is 0.293. The number of hydrogen-bond donors (Lipinski definition) is 4. The van der Waals surface area contributed by atoms with Gasteiger partial charge in [-0.15, -0.1) is 0 Å². The molecule has 0 aromatic heterocycles. The highest BCUT2D eigenvalue weighted by molar-refractivity contribution is 6.17. The first-order valence-electron chi connectivity index (χ1n) is 7.18. The predicted molar refractivity (Wildman–Crippen MR) is 82.4 cm³/mol. The molecule has 26 heavy (non-hydrogen) atoms. The summed E-state index contributed by atoms with van der Waals surface area (Å²) >= 11 is 0. The van der Waals surface area contributed by atoms with E-state index in [9.17, 15) is 27.9 Å². The molecule has 0 spiro atoms. The number of amides is 1. The molecule has 1 amide bonds. The Balaban J connectivity index is 2.54. The van der Waals surface area contributed by atoms with Crippen LogP contribution >= 0.6 is 0 Å². The zero-order valence-electron chi connectivity index (χ0n) is 13.3. The number of carbonyl (C=O) groups is 2. The number of aliphatic imine (C=N–C) groups is 1. The number of halogens is 3. The van der Waals surface area contributed by atoms with E-state index in [0.29, 0.717) is 17.0 Å². The maximum atomic E-state index is 13.8. The smallest absolute Gasteiger partial charge is 0.323 e. The SMILES string of the molecule is C[C@@H](O)[C@H](N)C1=N/C(=C\c2cc(F)c(O)c(F)c2F)C(=O)N1CC(=O)O.